The minimum absolute atomic E-state index is 0.232. The second-order valence-corrected chi connectivity index (χ2v) is 4.17. The van der Waals surface area contributed by atoms with Crippen molar-refractivity contribution in [2.24, 2.45) is 0 Å². The summed E-state index contributed by atoms with van der Waals surface area (Å²) in [7, 11) is 0. The van der Waals surface area contributed by atoms with E-state index < -0.39 is 5.97 Å². The number of nitrogens with one attached hydrogen (secondary N) is 1. The molecule has 0 heterocycles. The first-order valence-electron chi connectivity index (χ1n) is 5.71. The van der Waals surface area contributed by atoms with Gasteiger partial charge in [0.15, 0.2) is 0 Å². The highest BCUT2D eigenvalue weighted by Crippen LogP contribution is 2.22. The van der Waals surface area contributed by atoms with Crippen LogP contribution in [0.25, 0.3) is 0 Å². The smallest absolute Gasteiger partial charge is 0.335 e. The molecule has 0 unspecified atom stereocenters. The number of rotatable bonds is 3. The molecule has 0 aliphatic rings. The van der Waals surface area contributed by atoms with E-state index in [0.717, 1.165) is 11.3 Å². The summed E-state index contributed by atoms with van der Waals surface area (Å²) >= 11 is 0. The van der Waals surface area contributed by atoms with E-state index in [1.807, 2.05) is 19.1 Å². The fraction of sp³-hybridized carbons (Fsp3) is 0.0667. The fourth-order valence-corrected chi connectivity index (χ4v) is 1.71. The second-order valence-electron chi connectivity index (χ2n) is 4.17. The number of anilines is 2. The molecular weight excluding hydrogens is 240 g/mol. The van der Waals surface area contributed by atoms with E-state index in [1.165, 1.54) is 12.1 Å². The first-order valence-corrected chi connectivity index (χ1v) is 5.71. The molecule has 19 heavy (non-hydrogen) atoms. The van der Waals surface area contributed by atoms with Crippen molar-refractivity contribution in [3.05, 3.63) is 59.2 Å². The molecule has 0 saturated carbocycles. The number of carboxylic acid groups (broad SMARTS) is 1. The number of nitriles is 1. The van der Waals surface area contributed by atoms with Gasteiger partial charge in [-0.25, -0.2) is 4.79 Å². The summed E-state index contributed by atoms with van der Waals surface area (Å²) in [6, 6.07) is 14.0. The van der Waals surface area contributed by atoms with Crippen molar-refractivity contribution in [2.75, 3.05) is 5.32 Å². The van der Waals surface area contributed by atoms with Gasteiger partial charge in [0.1, 0.15) is 6.07 Å². The fourth-order valence-electron chi connectivity index (χ4n) is 1.71. The van der Waals surface area contributed by atoms with Crippen LogP contribution in [0.3, 0.4) is 0 Å². The third-order valence-electron chi connectivity index (χ3n) is 2.71. The van der Waals surface area contributed by atoms with Crippen LogP contribution >= 0.6 is 0 Å². The Morgan fingerprint density at radius 1 is 1.21 bits per heavy atom. The number of hydrogen-bond donors (Lipinski definition) is 2. The van der Waals surface area contributed by atoms with Crippen molar-refractivity contribution < 1.29 is 9.90 Å². The zero-order valence-corrected chi connectivity index (χ0v) is 10.3. The molecule has 0 atom stereocenters. The summed E-state index contributed by atoms with van der Waals surface area (Å²) in [5.41, 5.74) is 3.28. The number of nitrogens with zero attached hydrogens (tertiary/aromatic N) is 1. The van der Waals surface area contributed by atoms with Crippen molar-refractivity contribution in [1.82, 2.24) is 0 Å². The molecule has 2 rings (SSSR count). The predicted molar refractivity (Wildman–Crippen MR) is 72.6 cm³/mol. The summed E-state index contributed by atoms with van der Waals surface area (Å²) in [6.45, 7) is 1.94. The van der Waals surface area contributed by atoms with Crippen LogP contribution in [0.15, 0.2) is 42.5 Å². The average molecular weight is 252 g/mol. The van der Waals surface area contributed by atoms with E-state index in [2.05, 4.69) is 11.4 Å². The Bertz CT molecular complexity index is 655. The number of benzene rings is 2. The van der Waals surface area contributed by atoms with E-state index in [1.54, 1.807) is 18.2 Å². The van der Waals surface area contributed by atoms with Gasteiger partial charge in [-0.05, 0) is 48.9 Å². The van der Waals surface area contributed by atoms with Crippen LogP contribution in [0.5, 0.6) is 0 Å². The maximum atomic E-state index is 10.8. The number of aromatic carboxylic acids is 1. The highest BCUT2D eigenvalue weighted by molar-refractivity contribution is 5.88. The van der Waals surface area contributed by atoms with Crippen LogP contribution < -0.4 is 5.32 Å². The molecule has 0 saturated heterocycles. The topological polar surface area (TPSA) is 73.1 Å². The molecule has 0 fully saturated rings. The molecule has 0 aromatic heterocycles. The molecule has 0 bridgehead atoms. The van der Waals surface area contributed by atoms with Crippen molar-refractivity contribution in [2.45, 2.75) is 6.92 Å². The van der Waals surface area contributed by atoms with Gasteiger partial charge in [-0.1, -0.05) is 6.07 Å². The van der Waals surface area contributed by atoms with Crippen LogP contribution in [0.2, 0.25) is 0 Å². The van der Waals surface area contributed by atoms with Gasteiger partial charge in [-0.2, -0.15) is 5.26 Å². The van der Waals surface area contributed by atoms with Gasteiger partial charge in [0.05, 0.1) is 16.8 Å². The number of aryl methyl sites for hydroxylation is 1. The van der Waals surface area contributed by atoms with Crippen LogP contribution in [-0.4, -0.2) is 11.1 Å². The normalized spacial score (nSPS) is 9.68. The zero-order valence-electron chi connectivity index (χ0n) is 10.3. The molecule has 0 aliphatic carbocycles. The minimum atomic E-state index is -0.959. The van der Waals surface area contributed by atoms with Gasteiger partial charge < -0.3 is 10.4 Å². The van der Waals surface area contributed by atoms with Crippen molar-refractivity contribution >= 4 is 17.3 Å². The molecule has 94 valence electrons. The van der Waals surface area contributed by atoms with Crippen molar-refractivity contribution in [3.8, 4) is 6.07 Å². The number of carboxylic acids is 1. The second kappa shape index (κ2) is 5.23. The lowest BCUT2D eigenvalue weighted by Crippen LogP contribution is -1.97. The Morgan fingerprint density at radius 3 is 2.47 bits per heavy atom. The Labute approximate surface area is 110 Å². The number of carbonyl (C=O) groups is 1. The molecule has 0 spiro atoms. The Kier molecular flexibility index (Phi) is 3.48. The van der Waals surface area contributed by atoms with E-state index >= 15 is 0 Å². The highest BCUT2D eigenvalue weighted by Gasteiger charge is 2.04. The van der Waals surface area contributed by atoms with Gasteiger partial charge in [-0.15, -0.1) is 0 Å². The lowest BCUT2D eigenvalue weighted by atomic mass is 10.1. The highest BCUT2D eigenvalue weighted by atomic mass is 16.4. The third-order valence-corrected chi connectivity index (χ3v) is 2.71. The molecule has 2 aromatic carbocycles. The van der Waals surface area contributed by atoms with Gasteiger partial charge in [0, 0.05) is 5.69 Å². The van der Waals surface area contributed by atoms with E-state index in [-0.39, 0.29) is 5.56 Å². The molecule has 0 radical (unpaired) electrons. The molecule has 0 amide bonds. The predicted octanol–water partition coefficient (Wildman–Crippen LogP) is 3.31. The van der Waals surface area contributed by atoms with Gasteiger partial charge in [-0.3, -0.25) is 0 Å². The molecule has 4 nitrogen and oxygen atoms in total. The summed E-state index contributed by atoms with van der Waals surface area (Å²) in [5.74, 6) is -0.959. The number of hydrogen-bond acceptors (Lipinski definition) is 3. The quantitative estimate of drug-likeness (QED) is 0.878. The zero-order chi connectivity index (χ0) is 13.8. The maximum Gasteiger partial charge on any atom is 0.335 e. The van der Waals surface area contributed by atoms with Gasteiger partial charge >= 0.3 is 5.97 Å². The summed E-state index contributed by atoms with van der Waals surface area (Å²) in [5, 5.41) is 21.0. The lowest BCUT2D eigenvalue weighted by Gasteiger charge is -2.09. The standard InChI is InChI=1S/C15H12N2O2/c1-10-2-3-12(9-16)14(8-10)17-13-6-4-11(5-7-13)15(18)19/h2-8,17H,1H3,(H,18,19). The Morgan fingerprint density at radius 2 is 1.89 bits per heavy atom. The van der Waals surface area contributed by atoms with E-state index in [0.29, 0.717) is 11.3 Å². The largest absolute Gasteiger partial charge is 0.478 e. The lowest BCUT2D eigenvalue weighted by molar-refractivity contribution is 0.0697. The van der Waals surface area contributed by atoms with Crippen LogP contribution in [-0.2, 0) is 0 Å². The SMILES string of the molecule is Cc1ccc(C#N)c(Nc2ccc(C(=O)O)cc2)c1. The van der Waals surface area contributed by atoms with E-state index in [9.17, 15) is 4.79 Å². The van der Waals surface area contributed by atoms with Gasteiger partial charge in [0.25, 0.3) is 0 Å². The van der Waals surface area contributed by atoms with Crippen molar-refractivity contribution in [3.63, 3.8) is 0 Å². The Balaban J connectivity index is 2.28. The first kappa shape index (κ1) is 12.7. The Hall–Kier alpha value is -2.80. The van der Waals surface area contributed by atoms with Crippen LogP contribution in [0.1, 0.15) is 21.5 Å². The molecule has 2 N–H and O–H groups in total. The average Bonchev–Trinajstić information content (AvgIpc) is 2.39. The monoisotopic (exact) mass is 252 g/mol. The summed E-state index contributed by atoms with van der Waals surface area (Å²) < 4.78 is 0. The van der Waals surface area contributed by atoms with Gasteiger partial charge in [0.2, 0.25) is 0 Å². The molecule has 2 aromatic rings. The minimum Gasteiger partial charge on any atom is -0.478 e. The maximum absolute atomic E-state index is 10.8. The first-order chi connectivity index (χ1) is 9.10. The molecule has 0 aliphatic heterocycles. The van der Waals surface area contributed by atoms with Crippen LogP contribution in [0.4, 0.5) is 11.4 Å². The molecular formula is C15H12N2O2. The summed E-state index contributed by atoms with van der Waals surface area (Å²) in [6.07, 6.45) is 0. The van der Waals surface area contributed by atoms with Crippen LogP contribution in [0, 0.1) is 18.3 Å². The third kappa shape index (κ3) is 2.90. The summed E-state index contributed by atoms with van der Waals surface area (Å²) in [4.78, 5) is 10.8. The van der Waals surface area contributed by atoms with E-state index in [4.69, 9.17) is 10.4 Å². The van der Waals surface area contributed by atoms with Crippen molar-refractivity contribution in [1.29, 1.82) is 5.26 Å². The molecule has 4 heteroatoms.